The highest BCUT2D eigenvalue weighted by atomic mass is 19.4. The summed E-state index contributed by atoms with van der Waals surface area (Å²) in [6.45, 7) is 0. The standard InChI is InChI=1S/C28H33F5N6O2/c1-38-23(9-14-34-38)25(41)37-24(18-6-11-27(29,30)12-7-18)22-16-39-15-10-21(35-26(39)36-22)20(17-2-3-17)5-4-19(40)8-13-28(31,32)33/h9-10,14-18,20,24H,2-8,11-13H2,1H3,(H,37,41)/t20?,24-/m0/s1. The van der Waals surface area contributed by atoms with Crippen LogP contribution in [0, 0.1) is 11.8 Å². The molecule has 0 saturated heterocycles. The summed E-state index contributed by atoms with van der Waals surface area (Å²) in [5.41, 5.74) is 1.55. The van der Waals surface area contributed by atoms with E-state index in [0.717, 1.165) is 12.8 Å². The third-order valence-corrected chi connectivity index (χ3v) is 8.25. The minimum Gasteiger partial charge on any atom is -0.342 e. The Balaban J connectivity index is 1.36. The molecule has 1 N–H and O–H groups in total. The lowest BCUT2D eigenvalue weighted by Gasteiger charge is -2.33. The molecule has 41 heavy (non-hydrogen) atoms. The Morgan fingerprint density at radius 1 is 1.05 bits per heavy atom. The molecule has 2 fully saturated rings. The van der Waals surface area contributed by atoms with Gasteiger partial charge < -0.3 is 5.32 Å². The number of aryl methyl sites for hydroxylation is 1. The molecule has 222 valence electrons. The largest absolute Gasteiger partial charge is 0.389 e. The van der Waals surface area contributed by atoms with E-state index in [9.17, 15) is 31.5 Å². The van der Waals surface area contributed by atoms with Gasteiger partial charge in [-0.2, -0.15) is 18.3 Å². The highest BCUT2D eigenvalue weighted by Crippen LogP contribution is 2.45. The number of ketones is 1. The van der Waals surface area contributed by atoms with E-state index in [1.165, 1.54) is 10.9 Å². The Kier molecular flexibility index (Phi) is 8.15. The van der Waals surface area contributed by atoms with Crippen LogP contribution in [0.2, 0.25) is 0 Å². The van der Waals surface area contributed by atoms with E-state index in [-0.39, 0.29) is 49.8 Å². The number of Topliss-reactive ketones (excluding diaryl/α,β-unsaturated/α-hetero) is 1. The number of hydrogen-bond acceptors (Lipinski definition) is 5. The molecule has 1 amide bonds. The zero-order valence-corrected chi connectivity index (χ0v) is 22.7. The maximum absolute atomic E-state index is 13.9. The Morgan fingerprint density at radius 2 is 1.76 bits per heavy atom. The quantitative estimate of drug-likeness (QED) is 0.283. The summed E-state index contributed by atoms with van der Waals surface area (Å²) in [4.78, 5) is 34.6. The van der Waals surface area contributed by atoms with Crippen LogP contribution in [0.4, 0.5) is 22.0 Å². The van der Waals surface area contributed by atoms with E-state index in [1.54, 1.807) is 29.9 Å². The lowest BCUT2D eigenvalue weighted by molar-refractivity contribution is -0.143. The lowest BCUT2D eigenvalue weighted by Crippen LogP contribution is -2.38. The Hall–Kier alpha value is -3.38. The lowest BCUT2D eigenvalue weighted by atomic mass is 9.81. The van der Waals surface area contributed by atoms with Crippen molar-refractivity contribution >= 4 is 17.5 Å². The number of fused-ring (bicyclic) bond motifs is 1. The zero-order valence-electron chi connectivity index (χ0n) is 22.7. The van der Waals surface area contributed by atoms with E-state index in [4.69, 9.17) is 9.97 Å². The number of imidazole rings is 1. The van der Waals surface area contributed by atoms with Gasteiger partial charge in [0.2, 0.25) is 11.7 Å². The van der Waals surface area contributed by atoms with Crippen LogP contribution in [0.3, 0.4) is 0 Å². The van der Waals surface area contributed by atoms with Crippen molar-refractivity contribution in [2.75, 3.05) is 0 Å². The molecule has 3 heterocycles. The SMILES string of the molecule is Cn1nccc1C(=O)N[C@H](c1cn2ccc(C(CCC(=O)CCC(F)(F)F)C3CC3)nc2n1)C1CCC(F)(F)CC1. The summed E-state index contributed by atoms with van der Waals surface area (Å²) in [5, 5.41) is 7.02. The van der Waals surface area contributed by atoms with Crippen LogP contribution in [0.5, 0.6) is 0 Å². The molecular weight excluding hydrogens is 547 g/mol. The second kappa shape index (κ2) is 11.5. The predicted molar refractivity (Wildman–Crippen MR) is 138 cm³/mol. The highest BCUT2D eigenvalue weighted by Gasteiger charge is 2.40. The number of rotatable bonds is 11. The number of amides is 1. The average molecular weight is 581 g/mol. The van der Waals surface area contributed by atoms with Gasteiger partial charge in [-0.25, -0.2) is 18.7 Å². The van der Waals surface area contributed by atoms with Gasteiger partial charge in [-0.1, -0.05) is 0 Å². The van der Waals surface area contributed by atoms with Crippen LogP contribution in [-0.4, -0.2) is 47.9 Å². The maximum Gasteiger partial charge on any atom is 0.389 e. The number of aromatic nitrogens is 5. The van der Waals surface area contributed by atoms with Crippen LogP contribution in [-0.2, 0) is 11.8 Å². The van der Waals surface area contributed by atoms with Crippen LogP contribution in [0.15, 0.2) is 30.7 Å². The van der Waals surface area contributed by atoms with Crippen LogP contribution in [0.25, 0.3) is 5.78 Å². The first kappa shape index (κ1) is 29.1. The zero-order chi connectivity index (χ0) is 29.4. The van der Waals surface area contributed by atoms with Crippen LogP contribution >= 0.6 is 0 Å². The molecule has 0 radical (unpaired) electrons. The number of carbonyl (C=O) groups is 2. The van der Waals surface area contributed by atoms with Crippen molar-refractivity contribution in [3.8, 4) is 0 Å². The first-order valence-corrected chi connectivity index (χ1v) is 14.0. The first-order valence-electron chi connectivity index (χ1n) is 14.0. The van der Waals surface area contributed by atoms with Crippen molar-refractivity contribution in [1.82, 2.24) is 29.5 Å². The Bertz CT molecular complexity index is 1390. The Morgan fingerprint density at radius 3 is 2.39 bits per heavy atom. The van der Waals surface area contributed by atoms with Gasteiger partial charge in [-0.3, -0.25) is 18.7 Å². The van der Waals surface area contributed by atoms with Crippen molar-refractivity contribution in [1.29, 1.82) is 0 Å². The van der Waals surface area contributed by atoms with Crippen LogP contribution < -0.4 is 5.32 Å². The number of carbonyl (C=O) groups excluding carboxylic acids is 2. The number of hydrogen-bond donors (Lipinski definition) is 1. The smallest absolute Gasteiger partial charge is 0.342 e. The van der Waals surface area contributed by atoms with Gasteiger partial charge >= 0.3 is 6.18 Å². The predicted octanol–water partition coefficient (Wildman–Crippen LogP) is 5.94. The van der Waals surface area contributed by atoms with E-state index in [1.807, 2.05) is 6.07 Å². The molecule has 8 nitrogen and oxygen atoms in total. The van der Waals surface area contributed by atoms with Crippen molar-refractivity contribution in [3.05, 3.63) is 47.8 Å². The molecule has 1 unspecified atom stereocenters. The van der Waals surface area contributed by atoms with E-state index in [0.29, 0.717) is 35.2 Å². The molecular formula is C28H33F5N6O2. The van der Waals surface area contributed by atoms with Crippen molar-refractivity contribution in [2.45, 2.75) is 88.3 Å². The van der Waals surface area contributed by atoms with Gasteiger partial charge in [0.1, 0.15) is 11.5 Å². The second-order valence-electron chi connectivity index (χ2n) is 11.3. The molecule has 3 aromatic rings. The van der Waals surface area contributed by atoms with Crippen molar-refractivity contribution < 1.29 is 31.5 Å². The number of nitrogens with zero attached hydrogens (tertiary/aromatic N) is 5. The average Bonchev–Trinajstić information content (AvgIpc) is 3.50. The molecule has 3 aromatic heterocycles. The van der Waals surface area contributed by atoms with Crippen molar-refractivity contribution in [3.63, 3.8) is 0 Å². The fraction of sp³-hybridized carbons (Fsp3) is 0.607. The summed E-state index contributed by atoms with van der Waals surface area (Å²) in [6.07, 6.45) is 1.33. The van der Waals surface area contributed by atoms with Gasteiger partial charge in [0.15, 0.2) is 0 Å². The van der Waals surface area contributed by atoms with Gasteiger partial charge in [-0.15, -0.1) is 0 Å². The molecule has 13 heteroatoms. The van der Waals surface area contributed by atoms with Gasteiger partial charge in [0, 0.05) is 62.9 Å². The van der Waals surface area contributed by atoms with E-state index in [2.05, 4.69) is 10.4 Å². The minimum atomic E-state index is -4.36. The summed E-state index contributed by atoms with van der Waals surface area (Å²) < 4.78 is 68.6. The van der Waals surface area contributed by atoms with E-state index < -0.39 is 36.8 Å². The normalized spacial score (nSPS) is 19.3. The topological polar surface area (TPSA) is 94.2 Å². The fourth-order valence-corrected chi connectivity index (χ4v) is 5.75. The molecule has 5 rings (SSSR count). The van der Waals surface area contributed by atoms with Gasteiger partial charge in [-0.05, 0) is 56.1 Å². The molecule has 2 aliphatic carbocycles. The maximum atomic E-state index is 13.9. The molecule has 2 aliphatic rings. The third kappa shape index (κ3) is 7.28. The molecule has 0 spiro atoms. The molecule has 0 bridgehead atoms. The van der Waals surface area contributed by atoms with Crippen molar-refractivity contribution in [2.24, 2.45) is 18.9 Å². The summed E-state index contributed by atoms with van der Waals surface area (Å²) >= 11 is 0. The third-order valence-electron chi connectivity index (χ3n) is 8.25. The summed E-state index contributed by atoms with van der Waals surface area (Å²) in [5.74, 6) is -3.18. The summed E-state index contributed by atoms with van der Waals surface area (Å²) in [6, 6.07) is 2.78. The molecule has 0 aromatic carbocycles. The first-order chi connectivity index (χ1) is 19.4. The summed E-state index contributed by atoms with van der Waals surface area (Å²) in [7, 11) is 1.64. The van der Waals surface area contributed by atoms with Gasteiger partial charge in [0.25, 0.3) is 5.91 Å². The number of nitrogens with one attached hydrogen (secondary N) is 1. The van der Waals surface area contributed by atoms with E-state index >= 15 is 0 Å². The second-order valence-corrected chi connectivity index (χ2v) is 11.3. The molecule has 0 aliphatic heterocycles. The molecule has 2 saturated carbocycles. The highest BCUT2D eigenvalue weighted by molar-refractivity contribution is 5.92. The van der Waals surface area contributed by atoms with Crippen LogP contribution in [0.1, 0.15) is 98.0 Å². The number of alkyl halides is 5. The van der Waals surface area contributed by atoms with Gasteiger partial charge in [0.05, 0.1) is 18.2 Å². The Labute approximate surface area is 233 Å². The fourth-order valence-electron chi connectivity index (χ4n) is 5.75. The number of halogens is 5. The minimum absolute atomic E-state index is 0.0538. The monoisotopic (exact) mass is 580 g/mol. The molecule has 2 atom stereocenters.